The second kappa shape index (κ2) is 6.63. The number of nitrogens with one attached hydrogen (secondary N) is 1. The van der Waals surface area contributed by atoms with Crippen LogP contribution in [0, 0.1) is 0 Å². The summed E-state index contributed by atoms with van der Waals surface area (Å²) in [6.07, 6.45) is 0. The van der Waals surface area contributed by atoms with Gasteiger partial charge < -0.3 is 0 Å². The average molecular weight is 323 g/mol. The molecular formula is C19H15ClN2O. The molecule has 0 heterocycles. The maximum absolute atomic E-state index is 12.1. The van der Waals surface area contributed by atoms with E-state index in [4.69, 9.17) is 11.6 Å². The predicted molar refractivity (Wildman–Crippen MR) is 95.1 cm³/mol. The highest BCUT2D eigenvalue weighted by atomic mass is 35.5. The molecule has 0 atom stereocenters. The number of rotatable bonds is 3. The van der Waals surface area contributed by atoms with E-state index in [9.17, 15) is 4.79 Å². The third-order valence-corrected chi connectivity index (χ3v) is 3.94. The molecule has 0 unspecified atom stereocenters. The summed E-state index contributed by atoms with van der Waals surface area (Å²) in [5, 5.41) is 6.89. The van der Waals surface area contributed by atoms with Crippen LogP contribution in [0.2, 0.25) is 5.02 Å². The zero-order chi connectivity index (χ0) is 16.2. The van der Waals surface area contributed by atoms with E-state index in [0.717, 1.165) is 16.7 Å². The maximum Gasteiger partial charge on any atom is 0.272 e. The molecule has 0 radical (unpaired) electrons. The molecule has 4 heteroatoms. The molecule has 0 aliphatic carbocycles. The fourth-order valence-electron chi connectivity index (χ4n) is 2.32. The largest absolute Gasteiger partial charge is 0.272 e. The van der Waals surface area contributed by atoms with Crippen LogP contribution in [0.25, 0.3) is 10.8 Å². The van der Waals surface area contributed by atoms with Gasteiger partial charge in [-0.05, 0) is 41.5 Å². The molecule has 0 bridgehead atoms. The quantitative estimate of drug-likeness (QED) is 0.553. The van der Waals surface area contributed by atoms with Gasteiger partial charge in [0, 0.05) is 0 Å². The lowest BCUT2D eigenvalue weighted by molar-refractivity contribution is 0.0955. The lowest BCUT2D eigenvalue weighted by atomic mass is 10.0. The Hall–Kier alpha value is -2.65. The first-order chi connectivity index (χ1) is 11.1. The SMILES string of the molecule is CC(=NNC(=O)c1ccccc1Cl)c1ccc2ccccc2c1. The van der Waals surface area contributed by atoms with Gasteiger partial charge in [-0.2, -0.15) is 5.10 Å². The fourth-order valence-corrected chi connectivity index (χ4v) is 2.54. The Bertz CT molecular complexity index is 903. The third-order valence-electron chi connectivity index (χ3n) is 3.61. The summed E-state index contributed by atoms with van der Waals surface area (Å²) in [5.41, 5.74) is 4.65. The average Bonchev–Trinajstić information content (AvgIpc) is 2.59. The van der Waals surface area contributed by atoms with Gasteiger partial charge in [0.2, 0.25) is 0 Å². The summed E-state index contributed by atoms with van der Waals surface area (Å²) >= 11 is 6.01. The highest BCUT2D eigenvalue weighted by Gasteiger charge is 2.08. The van der Waals surface area contributed by atoms with Crippen LogP contribution in [0.5, 0.6) is 0 Å². The fraction of sp³-hybridized carbons (Fsp3) is 0.0526. The van der Waals surface area contributed by atoms with Gasteiger partial charge in [-0.3, -0.25) is 4.79 Å². The lowest BCUT2D eigenvalue weighted by Crippen LogP contribution is -2.19. The lowest BCUT2D eigenvalue weighted by Gasteiger charge is -2.05. The number of amides is 1. The Kier molecular flexibility index (Phi) is 4.40. The number of fused-ring (bicyclic) bond motifs is 1. The van der Waals surface area contributed by atoms with Crippen LogP contribution in [0.15, 0.2) is 71.8 Å². The summed E-state index contributed by atoms with van der Waals surface area (Å²) < 4.78 is 0. The summed E-state index contributed by atoms with van der Waals surface area (Å²) in [6.45, 7) is 1.86. The Labute approximate surface area is 139 Å². The Morgan fingerprint density at radius 1 is 0.957 bits per heavy atom. The molecule has 0 aliphatic heterocycles. The van der Waals surface area contributed by atoms with E-state index in [1.54, 1.807) is 24.3 Å². The first-order valence-electron chi connectivity index (χ1n) is 7.23. The topological polar surface area (TPSA) is 41.5 Å². The standard InChI is InChI=1S/C19H15ClN2O/c1-13(15-11-10-14-6-2-3-7-16(14)12-15)21-22-19(23)17-8-4-5-9-18(17)20/h2-12H,1H3,(H,22,23). The maximum atomic E-state index is 12.1. The van der Waals surface area contributed by atoms with E-state index in [-0.39, 0.29) is 5.91 Å². The number of hydrazone groups is 1. The summed E-state index contributed by atoms with van der Waals surface area (Å²) in [4.78, 5) is 12.1. The number of carbonyl (C=O) groups is 1. The van der Waals surface area contributed by atoms with Crippen molar-refractivity contribution in [1.82, 2.24) is 5.43 Å². The first kappa shape index (κ1) is 15.3. The molecule has 1 N–H and O–H groups in total. The molecule has 3 rings (SSSR count). The molecule has 0 saturated heterocycles. The zero-order valence-electron chi connectivity index (χ0n) is 12.6. The molecule has 3 aromatic rings. The summed E-state index contributed by atoms with van der Waals surface area (Å²) in [5.74, 6) is -0.323. The minimum absolute atomic E-state index is 0.323. The van der Waals surface area contributed by atoms with Gasteiger partial charge in [0.25, 0.3) is 5.91 Å². The highest BCUT2D eigenvalue weighted by molar-refractivity contribution is 6.33. The molecule has 23 heavy (non-hydrogen) atoms. The van der Waals surface area contributed by atoms with Crippen LogP contribution in [0.1, 0.15) is 22.8 Å². The minimum Gasteiger partial charge on any atom is -0.267 e. The molecule has 3 aromatic carbocycles. The van der Waals surface area contributed by atoms with E-state index in [2.05, 4.69) is 28.7 Å². The van der Waals surface area contributed by atoms with Crippen molar-refractivity contribution < 1.29 is 4.79 Å². The minimum atomic E-state index is -0.323. The van der Waals surface area contributed by atoms with Crippen molar-refractivity contribution in [2.75, 3.05) is 0 Å². The van der Waals surface area contributed by atoms with Gasteiger partial charge in [0.1, 0.15) is 0 Å². The van der Waals surface area contributed by atoms with Gasteiger partial charge in [-0.15, -0.1) is 0 Å². The molecule has 0 spiro atoms. The van der Waals surface area contributed by atoms with Crippen molar-refractivity contribution in [3.63, 3.8) is 0 Å². The van der Waals surface area contributed by atoms with Crippen LogP contribution in [-0.2, 0) is 0 Å². The van der Waals surface area contributed by atoms with Crippen LogP contribution < -0.4 is 5.43 Å². The van der Waals surface area contributed by atoms with Crippen LogP contribution in [0.3, 0.4) is 0 Å². The zero-order valence-corrected chi connectivity index (χ0v) is 13.3. The molecule has 3 nitrogen and oxygen atoms in total. The van der Waals surface area contributed by atoms with Crippen molar-refractivity contribution in [1.29, 1.82) is 0 Å². The van der Waals surface area contributed by atoms with Crippen LogP contribution in [0.4, 0.5) is 0 Å². The molecule has 114 valence electrons. The van der Waals surface area contributed by atoms with Gasteiger partial charge in [0.15, 0.2) is 0 Å². The highest BCUT2D eigenvalue weighted by Crippen LogP contribution is 2.17. The van der Waals surface area contributed by atoms with Crippen LogP contribution in [-0.4, -0.2) is 11.6 Å². The summed E-state index contributed by atoms with van der Waals surface area (Å²) in [7, 11) is 0. The second-order valence-corrected chi connectivity index (χ2v) is 5.59. The van der Waals surface area contributed by atoms with Gasteiger partial charge >= 0.3 is 0 Å². The predicted octanol–water partition coefficient (Wildman–Crippen LogP) is 4.65. The van der Waals surface area contributed by atoms with Crippen molar-refractivity contribution in [3.05, 3.63) is 82.9 Å². The third kappa shape index (κ3) is 3.41. The van der Waals surface area contributed by atoms with Crippen molar-refractivity contribution in [2.24, 2.45) is 5.10 Å². The monoisotopic (exact) mass is 322 g/mol. The summed E-state index contributed by atoms with van der Waals surface area (Å²) in [6, 6.07) is 21.1. The van der Waals surface area contributed by atoms with E-state index >= 15 is 0 Å². The molecule has 1 amide bonds. The molecule has 0 fully saturated rings. The van der Waals surface area contributed by atoms with Crippen LogP contribution >= 0.6 is 11.6 Å². The number of halogens is 1. The molecule has 0 aliphatic rings. The number of hydrogen-bond acceptors (Lipinski definition) is 2. The normalized spacial score (nSPS) is 11.5. The van der Waals surface area contributed by atoms with Gasteiger partial charge in [0.05, 0.1) is 16.3 Å². The van der Waals surface area contributed by atoms with Crippen molar-refractivity contribution in [2.45, 2.75) is 6.92 Å². The second-order valence-electron chi connectivity index (χ2n) is 5.18. The number of carbonyl (C=O) groups excluding carboxylic acids is 1. The van der Waals surface area contributed by atoms with E-state index < -0.39 is 0 Å². The van der Waals surface area contributed by atoms with E-state index in [1.807, 2.05) is 31.2 Å². The van der Waals surface area contributed by atoms with Crippen molar-refractivity contribution >= 4 is 34.0 Å². The molecule has 0 saturated carbocycles. The van der Waals surface area contributed by atoms with Gasteiger partial charge in [-0.1, -0.05) is 60.1 Å². The smallest absolute Gasteiger partial charge is 0.267 e. The molecular weight excluding hydrogens is 308 g/mol. The van der Waals surface area contributed by atoms with E-state index in [1.165, 1.54) is 5.39 Å². The number of nitrogens with zero attached hydrogens (tertiary/aromatic N) is 1. The number of hydrogen-bond donors (Lipinski definition) is 1. The Morgan fingerprint density at radius 2 is 1.65 bits per heavy atom. The number of benzene rings is 3. The Morgan fingerprint density at radius 3 is 2.43 bits per heavy atom. The first-order valence-corrected chi connectivity index (χ1v) is 7.61. The Balaban J connectivity index is 1.81. The van der Waals surface area contributed by atoms with Gasteiger partial charge in [-0.25, -0.2) is 5.43 Å². The van der Waals surface area contributed by atoms with Crippen molar-refractivity contribution in [3.8, 4) is 0 Å². The van der Waals surface area contributed by atoms with E-state index in [0.29, 0.717) is 10.6 Å². The molecule has 0 aromatic heterocycles.